The molecule has 14 heavy (non-hydrogen) atoms. The van der Waals surface area contributed by atoms with Crippen LogP contribution in [-0.2, 0) is 6.54 Å². The number of hydrogen-bond donors (Lipinski definition) is 0. The molecule has 0 spiro atoms. The van der Waals surface area contributed by atoms with Crippen LogP contribution in [0.4, 0.5) is 0 Å². The first-order valence-electron chi connectivity index (χ1n) is 4.55. The summed E-state index contributed by atoms with van der Waals surface area (Å²) < 4.78 is 0. The molecule has 2 heterocycles. The van der Waals surface area contributed by atoms with Crippen LogP contribution in [-0.4, -0.2) is 9.88 Å². The molecule has 2 nitrogen and oxygen atoms in total. The van der Waals surface area contributed by atoms with Crippen LogP contribution in [0.15, 0.2) is 61.2 Å². The van der Waals surface area contributed by atoms with Gasteiger partial charge in [0.25, 0.3) is 0 Å². The van der Waals surface area contributed by atoms with Crippen molar-refractivity contribution < 1.29 is 0 Å². The molecule has 0 amide bonds. The first-order valence-corrected chi connectivity index (χ1v) is 4.55. The van der Waals surface area contributed by atoms with Crippen molar-refractivity contribution in [2.75, 3.05) is 0 Å². The Balaban J connectivity index is 2.09. The Morgan fingerprint density at radius 1 is 1.36 bits per heavy atom. The molecule has 0 N–H and O–H groups in total. The standard InChI is InChI=1S/C12H12N2/c1-11-5-2-3-8-14(11)10-12-6-4-7-13-9-12/h2-9H,1,10H2. The molecule has 0 fully saturated rings. The Morgan fingerprint density at radius 3 is 3.00 bits per heavy atom. The quantitative estimate of drug-likeness (QED) is 0.702. The monoisotopic (exact) mass is 184 g/mol. The van der Waals surface area contributed by atoms with E-state index < -0.39 is 0 Å². The minimum Gasteiger partial charge on any atom is -0.344 e. The minimum absolute atomic E-state index is 0.827. The van der Waals surface area contributed by atoms with Gasteiger partial charge >= 0.3 is 0 Å². The van der Waals surface area contributed by atoms with E-state index in [1.165, 1.54) is 5.56 Å². The normalized spacial score (nSPS) is 14.9. The second kappa shape index (κ2) is 3.92. The second-order valence-corrected chi connectivity index (χ2v) is 3.18. The summed E-state index contributed by atoms with van der Waals surface area (Å²) in [4.78, 5) is 6.17. The van der Waals surface area contributed by atoms with Crippen LogP contribution < -0.4 is 0 Å². The highest BCUT2D eigenvalue weighted by atomic mass is 15.1. The molecular weight excluding hydrogens is 172 g/mol. The zero-order valence-corrected chi connectivity index (χ0v) is 7.93. The van der Waals surface area contributed by atoms with Crippen molar-refractivity contribution in [3.05, 3.63) is 66.8 Å². The smallest absolute Gasteiger partial charge is 0.0490 e. The van der Waals surface area contributed by atoms with Crippen LogP contribution in [0.25, 0.3) is 0 Å². The largest absolute Gasteiger partial charge is 0.344 e. The molecule has 0 saturated carbocycles. The molecule has 0 saturated heterocycles. The molecule has 1 aliphatic heterocycles. The minimum atomic E-state index is 0.827. The van der Waals surface area contributed by atoms with Gasteiger partial charge in [0, 0.05) is 30.8 Å². The number of nitrogens with zero attached hydrogens (tertiary/aromatic N) is 2. The highest BCUT2D eigenvalue weighted by molar-refractivity contribution is 5.26. The summed E-state index contributed by atoms with van der Waals surface area (Å²) in [6, 6.07) is 4.01. The summed E-state index contributed by atoms with van der Waals surface area (Å²) in [6.45, 7) is 4.79. The summed E-state index contributed by atoms with van der Waals surface area (Å²) in [5.74, 6) is 0. The number of hydrogen-bond acceptors (Lipinski definition) is 2. The van der Waals surface area contributed by atoms with Crippen LogP contribution in [0.2, 0.25) is 0 Å². The molecule has 0 aromatic carbocycles. The molecule has 0 atom stereocenters. The van der Waals surface area contributed by atoms with Gasteiger partial charge in [-0.15, -0.1) is 0 Å². The third-order valence-corrected chi connectivity index (χ3v) is 2.11. The van der Waals surface area contributed by atoms with E-state index in [1.807, 2.05) is 36.7 Å². The van der Waals surface area contributed by atoms with E-state index in [-0.39, 0.29) is 0 Å². The van der Waals surface area contributed by atoms with E-state index in [0.717, 1.165) is 12.2 Å². The lowest BCUT2D eigenvalue weighted by Crippen LogP contribution is -2.15. The van der Waals surface area contributed by atoms with Crippen molar-refractivity contribution in [2.45, 2.75) is 6.54 Å². The highest BCUT2D eigenvalue weighted by Crippen LogP contribution is 2.13. The van der Waals surface area contributed by atoms with Crippen molar-refractivity contribution in [2.24, 2.45) is 0 Å². The van der Waals surface area contributed by atoms with E-state index in [1.54, 1.807) is 6.20 Å². The van der Waals surface area contributed by atoms with Crippen LogP contribution >= 0.6 is 0 Å². The molecule has 0 aliphatic carbocycles. The molecular formula is C12H12N2. The van der Waals surface area contributed by atoms with Crippen molar-refractivity contribution in [1.82, 2.24) is 9.88 Å². The fourth-order valence-corrected chi connectivity index (χ4v) is 1.35. The van der Waals surface area contributed by atoms with E-state index in [9.17, 15) is 0 Å². The van der Waals surface area contributed by atoms with E-state index in [0.29, 0.717) is 0 Å². The van der Waals surface area contributed by atoms with Gasteiger partial charge in [-0.2, -0.15) is 0 Å². The van der Waals surface area contributed by atoms with E-state index >= 15 is 0 Å². The maximum absolute atomic E-state index is 4.08. The maximum atomic E-state index is 4.08. The average molecular weight is 184 g/mol. The molecule has 0 bridgehead atoms. The predicted molar refractivity (Wildman–Crippen MR) is 57.2 cm³/mol. The molecule has 2 heteroatoms. The summed E-state index contributed by atoms with van der Waals surface area (Å²) >= 11 is 0. The average Bonchev–Trinajstić information content (AvgIpc) is 2.23. The Kier molecular flexibility index (Phi) is 2.45. The molecule has 1 aromatic rings. The van der Waals surface area contributed by atoms with Crippen LogP contribution in [0.1, 0.15) is 5.56 Å². The molecule has 70 valence electrons. The molecule has 1 aromatic heterocycles. The summed E-state index contributed by atoms with van der Waals surface area (Å²) in [6.07, 6.45) is 11.7. The number of aromatic nitrogens is 1. The number of rotatable bonds is 2. The van der Waals surface area contributed by atoms with Gasteiger partial charge in [0.05, 0.1) is 0 Å². The summed E-state index contributed by atoms with van der Waals surface area (Å²) in [5, 5.41) is 0. The Hall–Kier alpha value is -1.83. The summed E-state index contributed by atoms with van der Waals surface area (Å²) in [5.41, 5.74) is 2.20. The zero-order chi connectivity index (χ0) is 9.80. The van der Waals surface area contributed by atoms with Crippen LogP contribution in [0, 0.1) is 0 Å². The van der Waals surface area contributed by atoms with Gasteiger partial charge in [0.2, 0.25) is 0 Å². The van der Waals surface area contributed by atoms with Gasteiger partial charge in [0.1, 0.15) is 0 Å². The first-order chi connectivity index (χ1) is 6.86. The van der Waals surface area contributed by atoms with Crippen molar-refractivity contribution >= 4 is 0 Å². The van der Waals surface area contributed by atoms with Crippen molar-refractivity contribution in [3.8, 4) is 0 Å². The van der Waals surface area contributed by atoms with Gasteiger partial charge in [-0.3, -0.25) is 4.98 Å². The van der Waals surface area contributed by atoms with Gasteiger partial charge in [0.15, 0.2) is 0 Å². The summed E-state index contributed by atoms with van der Waals surface area (Å²) in [7, 11) is 0. The lowest BCUT2D eigenvalue weighted by Gasteiger charge is -2.22. The predicted octanol–water partition coefficient (Wildman–Crippen LogP) is 2.48. The van der Waals surface area contributed by atoms with Gasteiger partial charge in [-0.05, 0) is 23.8 Å². The third-order valence-electron chi connectivity index (χ3n) is 2.11. The van der Waals surface area contributed by atoms with E-state index in [4.69, 9.17) is 0 Å². The fourth-order valence-electron chi connectivity index (χ4n) is 1.35. The maximum Gasteiger partial charge on any atom is 0.0490 e. The Bertz CT molecular complexity index is 377. The Labute approximate surface area is 83.9 Å². The van der Waals surface area contributed by atoms with Crippen LogP contribution in [0.3, 0.4) is 0 Å². The number of allylic oxidation sites excluding steroid dienone is 3. The molecule has 0 radical (unpaired) electrons. The van der Waals surface area contributed by atoms with Crippen molar-refractivity contribution in [3.63, 3.8) is 0 Å². The first kappa shape index (κ1) is 8.75. The fraction of sp³-hybridized carbons (Fsp3) is 0.0833. The SMILES string of the molecule is C=C1C=CC=CN1Cc1cccnc1. The molecule has 1 aliphatic rings. The van der Waals surface area contributed by atoms with Gasteiger partial charge in [-0.1, -0.05) is 18.7 Å². The lowest BCUT2D eigenvalue weighted by atomic mass is 10.2. The van der Waals surface area contributed by atoms with Gasteiger partial charge < -0.3 is 4.90 Å². The topological polar surface area (TPSA) is 16.1 Å². The zero-order valence-electron chi connectivity index (χ0n) is 7.93. The molecule has 2 rings (SSSR count). The van der Waals surface area contributed by atoms with Crippen LogP contribution in [0.5, 0.6) is 0 Å². The van der Waals surface area contributed by atoms with Gasteiger partial charge in [-0.25, -0.2) is 0 Å². The molecule has 0 unspecified atom stereocenters. The van der Waals surface area contributed by atoms with E-state index in [2.05, 4.69) is 22.5 Å². The highest BCUT2D eigenvalue weighted by Gasteiger charge is 2.04. The lowest BCUT2D eigenvalue weighted by molar-refractivity contribution is 0.471. The van der Waals surface area contributed by atoms with Crippen molar-refractivity contribution in [1.29, 1.82) is 0 Å². The third kappa shape index (κ3) is 1.91. The number of pyridine rings is 1. The second-order valence-electron chi connectivity index (χ2n) is 3.18. The Morgan fingerprint density at radius 2 is 2.29 bits per heavy atom.